The standard InChI is InChI=1S/C24H28N2O5/c1-15-10-19(30-14-18-8-6-17(13-25)7-9-18)11-16(2)20(15)12-21(22(27)28)26-23(29)31-24(3,4)5/h6-11,21H,12,14H2,1-5H3,(H,26,29)(H,27,28). The maximum Gasteiger partial charge on any atom is 0.408 e. The lowest BCUT2D eigenvalue weighted by molar-refractivity contribution is -0.139. The second kappa shape index (κ2) is 9.98. The normalized spacial score (nSPS) is 11.9. The molecule has 0 aliphatic heterocycles. The van der Waals surface area contributed by atoms with Gasteiger partial charge < -0.3 is 19.9 Å². The Bertz CT molecular complexity index is 962. The number of carboxylic acids is 1. The van der Waals surface area contributed by atoms with E-state index in [-0.39, 0.29) is 6.42 Å². The summed E-state index contributed by atoms with van der Waals surface area (Å²) in [5.41, 5.74) is 3.37. The van der Waals surface area contributed by atoms with Crippen molar-refractivity contribution in [2.75, 3.05) is 0 Å². The van der Waals surface area contributed by atoms with Gasteiger partial charge in [-0.05, 0) is 81.1 Å². The fourth-order valence-electron chi connectivity index (χ4n) is 3.06. The average Bonchev–Trinajstić information content (AvgIpc) is 2.67. The van der Waals surface area contributed by atoms with Crippen molar-refractivity contribution in [2.45, 2.75) is 59.3 Å². The number of alkyl carbamates (subject to hydrolysis) is 1. The zero-order valence-electron chi connectivity index (χ0n) is 18.5. The number of hydrogen-bond acceptors (Lipinski definition) is 5. The molecule has 7 heteroatoms. The zero-order chi connectivity index (χ0) is 23.2. The highest BCUT2D eigenvalue weighted by atomic mass is 16.6. The maximum absolute atomic E-state index is 12.0. The number of aliphatic carboxylic acids is 1. The Hall–Kier alpha value is -3.53. The van der Waals surface area contributed by atoms with Crippen molar-refractivity contribution in [2.24, 2.45) is 0 Å². The van der Waals surface area contributed by atoms with Crippen LogP contribution in [0.2, 0.25) is 0 Å². The van der Waals surface area contributed by atoms with Crippen LogP contribution in [0.25, 0.3) is 0 Å². The second-order valence-electron chi connectivity index (χ2n) is 8.37. The quantitative estimate of drug-likeness (QED) is 0.687. The first-order valence-corrected chi connectivity index (χ1v) is 9.93. The summed E-state index contributed by atoms with van der Waals surface area (Å²) in [6.45, 7) is 9.25. The SMILES string of the molecule is Cc1cc(OCc2ccc(C#N)cc2)cc(C)c1CC(NC(=O)OC(C)(C)C)C(=O)O. The van der Waals surface area contributed by atoms with Crippen molar-refractivity contribution < 1.29 is 24.2 Å². The predicted octanol–water partition coefficient (Wildman–Crippen LogP) is 4.27. The van der Waals surface area contributed by atoms with Gasteiger partial charge in [0.15, 0.2) is 0 Å². The molecule has 0 radical (unpaired) electrons. The van der Waals surface area contributed by atoms with Crippen molar-refractivity contribution >= 4 is 12.1 Å². The van der Waals surface area contributed by atoms with E-state index in [4.69, 9.17) is 14.7 Å². The van der Waals surface area contributed by atoms with Crippen LogP contribution in [0.15, 0.2) is 36.4 Å². The lowest BCUT2D eigenvalue weighted by atomic mass is 9.96. The number of ether oxygens (including phenoxy) is 2. The number of nitrogens with one attached hydrogen (secondary N) is 1. The van der Waals surface area contributed by atoms with Crippen LogP contribution in [0.3, 0.4) is 0 Å². The van der Waals surface area contributed by atoms with E-state index >= 15 is 0 Å². The monoisotopic (exact) mass is 424 g/mol. The largest absolute Gasteiger partial charge is 0.489 e. The fourth-order valence-corrected chi connectivity index (χ4v) is 3.06. The summed E-state index contributed by atoms with van der Waals surface area (Å²) >= 11 is 0. The molecule has 2 aromatic carbocycles. The molecule has 0 saturated carbocycles. The summed E-state index contributed by atoms with van der Waals surface area (Å²) in [4.78, 5) is 23.7. The van der Waals surface area contributed by atoms with Crippen molar-refractivity contribution in [3.63, 3.8) is 0 Å². The van der Waals surface area contributed by atoms with E-state index in [0.29, 0.717) is 17.9 Å². The van der Waals surface area contributed by atoms with E-state index in [9.17, 15) is 14.7 Å². The van der Waals surface area contributed by atoms with Crippen LogP contribution in [0.1, 0.15) is 48.6 Å². The predicted molar refractivity (Wildman–Crippen MR) is 116 cm³/mol. The molecule has 1 amide bonds. The molecule has 2 rings (SSSR count). The molecule has 2 aromatic rings. The summed E-state index contributed by atoms with van der Waals surface area (Å²) in [5.74, 6) is -0.471. The Kier molecular flexibility index (Phi) is 7.65. The van der Waals surface area contributed by atoms with Crippen molar-refractivity contribution in [3.8, 4) is 11.8 Å². The number of nitriles is 1. The topological polar surface area (TPSA) is 109 Å². The van der Waals surface area contributed by atoms with Gasteiger partial charge in [-0.3, -0.25) is 0 Å². The summed E-state index contributed by atoms with van der Waals surface area (Å²) in [6.07, 6.45) is -0.639. The van der Waals surface area contributed by atoms with Crippen molar-refractivity contribution in [3.05, 3.63) is 64.2 Å². The van der Waals surface area contributed by atoms with Gasteiger partial charge in [0, 0.05) is 6.42 Å². The fraction of sp³-hybridized carbons (Fsp3) is 0.375. The maximum atomic E-state index is 12.0. The van der Waals surface area contributed by atoms with Gasteiger partial charge >= 0.3 is 12.1 Å². The highest BCUT2D eigenvalue weighted by molar-refractivity contribution is 5.80. The minimum Gasteiger partial charge on any atom is -0.489 e. The van der Waals surface area contributed by atoms with Crippen LogP contribution < -0.4 is 10.1 Å². The van der Waals surface area contributed by atoms with E-state index in [2.05, 4.69) is 11.4 Å². The average molecular weight is 424 g/mol. The molecule has 31 heavy (non-hydrogen) atoms. The number of carbonyl (C=O) groups excluding carboxylic acids is 1. The number of hydrogen-bond donors (Lipinski definition) is 2. The van der Waals surface area contributed by atoms with E-state index in [1.54, 1.807) is 32.9 Å². The lowest BCUT2D eigenvalue weighted by Crippen LogP contribution is -2.44. The number of aryl methyl sites for hydroxylation is 2. The van der Waals surface area contributed by atoms with E-state index in [1.807, 2.05) is 38.1 Å². The third kappa shape index (κ3) is 7.34. The van der Waals surface area contributed by atoms with Gasteiger partial charge in [-0.1, -0.05) is 12.1 Å². The highest BCUT2D eigenvalue weighted by Gasteiger charge is 2.25. The molecule has 1 unspecified atom stereocenters. The van der Waals surface area contributed by atoms with Crippen molar-refractivity contribution in [1.82, 2.24) is 5.32 Å². The first-order valence-electron chi connectivity index (χ1n) is 9.93. The third-order valence-corrected chi connectivity index (χ3v) is 4.56. The van der Waals surface area contributed by atoms with Crippen LogP contribution in [0.5, 0.6) is 5.75 Å². The van der Waals surface area contributed by atoms with Gasteiger partial charge in [0.1, 0.15) is 24.0 Å². The van der Waals surface area contributed by atoms with E-state index < -0.39 is 23.7 Å². The van der Waals surface area contributed by atoms with Gasteiger partial charge in [0.05, 0.1) is 11.6 Å². The molecule has 0 aromatic heterocycles. The Labute approximate surface area is 182 Å². The zero-order valence-corrected chi connectivity index (χ0v) is 18.5. The number of carbonyl (C=O) groups is 2. The number of rotatable bonds is 7. The number of nitrogens with zero attached hydrogens (tertiary/aromatic N) is 1. The summed E-state index contributed by atoms with van der Waals surface area (Å²) in [6, 6.07) is 11.8. The molecule has 1 atom stereocenters. The Morgan fingerprint density at radius 3 is 2.19 bits per heavy atom. The Balaban J connectivity index is 2.09. The number of carboxylic acid groups (broad SMARTS) is 1. The smallest absolute Gasteiger partial charge is 0.408 e. The lowest BCUT2D eigenvalue weighted by Gasteiger charge is -2.23. The first-order chi connectivity index (χ1) is 14.5. The molecule has 2 N–H and O–H groups in total. The minimum absolute atomic E-state index is 0.127. The number of benzene rings is 2. The second-order valence-corrected chi connectivity index (χ2v) is 8.37. The molecular weight excluding hydrogens is 396 g/mol. The minimum atomic E-state index is -1.13. The van der Waals surface area contributed by atoms with Crippen LogP contribution in [-0.4, -0.2) is 28.8 Å². The van der Waals surface area contributed by atoms with Crippen LogP contribution in [0, 0.1) is 25.2 Å². The van der Waals surface area contributed by atoms with Crippen molar-refractivity contribution in [1.29, 1.82) is 5.26 Å². The van der Waals surface area contributed by atoms with Gasteiger partial charge in [-0.25, -0.2) is 9.59 Å². The molecule has 0 aliphatic carbocycles. The molecule has 164 valence electrons. The van der Waals surface area contributed by atoms with Crippen LogP contribution in [0.4, 0.5) is 4.79 Å². The number of amides is 1. The highest BCUT2D eigenvalue weighted by Crippen LogP contribution is 2.24. The summed E-state index contributed by atoms with van der Waals surface area (Å²) < 4.78 is 11.0. The van der Waals surface area contributed by atoms with Gasteiger partial charge in [0.25, 0.3) is 0 Å². The Morgan fingerprint density at radius 2 is 1.71 bits per heavy atom. The first kappa shape index (κ1) is 23.7. The van der Waals surface area contributed by atoms with Crippen LogP contribution >= 0.6 is 0 Å². The van der Waals surface area contributed by atoms with Gasteiger partial charge in [0.2, 0.25) is 0 Å². The molecule has 0 bridgehead atoms. The summed E-state index contributed by atoms with van der Waals surface area (Å²) in [5, 5.41) is 20.9. The Morgan fingerprint density at radius 1 is 1.13 bits per heavy atom. The molecule has 0 heterocycles. The van der Waals surface area contributed by atoms with Gasteiger partial charge in [-0.15, -0.1) is 0 Å². The molecule has 0 aliphatic rings. The van der Waals surface area contributed by atoms with Crippen LogP contribution in [-0.2, 0) is 22.6 Å². The van der Waals surface area contributed by atoms with E-state index in [0.717, 1.165) is 22.3 Å². The molecule has 0 fully saturated rings. The third-order valence-electron chi connectivity index (χ3n) is 4.56. The van der Waals surface area contributed by atoms with E-state index in [1.165, 1.54) is 0 Å². The summed E-state index contributed by atoms with van der Waals surface area (Å²) in [7, 11) is 0. The molecule has 0 spiro atoms. The molecule has 7 nitrogen and oxygen atoms in total. The molecular formula is C24H28N2O5. The molecule has 0 saturated heterocycles. The van der Waals surface area contributed by atoms with Gasteiger partial charge in [-0.2, -0.15) is 5.26 Å².